The maximum atomic E-state index is 12.2. The molecule has 2 aromatic carbocycles. The van der Waals surface area contributed by atoms with Crippen molar-refractivity contribution in [3.05, 3.63) is 93.8 Å². The highest BCUT2D eigenvalue weighted by Crippen LogP contribution is 2.24. The van der Waals surface area contributed by atoms with E-state index in [2.05, 4.69) is 14.8 Å². The summed E-state index contributed by atoms with van der Waals surface area (Å²) in [7, 11) is 0. The SMILES string of the molecule is [C-]#[N+]c1c(-c2ccccc2)nc(CCc2ccccc2)[nH]c1=O. The molecule has 0 radical (unpaired) electrons. The van der Waals surface area contributed by atoms with Crippen molar-refractivity contribution in [2.45, 2.75) is 12.8 Å². The molecule has 3 rings (SSSR count). The molecule has 112 valence electrons. The predicted octanol–water partition coefficient (Wildman–Crippen LogP) is 3.77. The maximum Gasteiger partial charge on any atom is 0.276 e. The van der Waals surface area contributed by atoms with Crippen LogP contribution in [0.25, 0.3) is 16.1 Å². The van der Waals surface area contributed by atoms with Gasteiger partial charge in [0.15, 0.2) is 0 Å². The Morgan fingerprint density at radius 1 is 0.957 bits per heavy atom. The van der Waals surface area contributed by atoms with Gasteiger partial charge in [-0.2, -0.15) is 0 Å². The monoisotopic (exact) mass is 301 g/mol. The van der Waals surface area contributed by atoms with E-state index in [4.69, 9.17) is 6.57 Å². The molecule has 1 aromatic heterocycles. The summed E-state index contributed by atoms with van der Waals surface area (Å²) in [4.78, 5) is 22.8. The second-order valence-corrected chi connectivity index (χ2v) is 5.17. The maximum absolute atomic E-state index is 12.2. The van der Waals surface area contributed by atoms with E-state index in [0.29, 0.717) is 17.9 Å². The minimum atomic E-state index is -0.378. The second-order valence-electron chi connectivity index (χ2n) is 5.17. The number of aromatic amines is 1. The van der Waals surface area contributed by atoms with Crippen LogP contribution in [0, 0.1) is 6.57 Å². The van der Waals surface area contributed by atoms with Crippen LogP contribution in [0.2, 0.25) is 0 Å². The minimum Gasteiger partial charge on any atom is -0.320 e. The number of H-pyrrole nitrogens is 1. The number of aryl methyl sites for hydroxylation is 2. The van der Waals surface area contributed by atoms with Gasteiger partial charge in [0.25, 0.3) is 11.2 Å². The van der Waals surface area contributed by atoms with Crippen LogP contribution in [0.5, 0.6) is 0 Å². The third-order valence-corrected chi connectivity index (χ3v) is 3.60. The van der Waals surface area contributed by atoms with Crippen LogP contribution in [-0.4, -0.2) is 9.97 Å². The Balaban J connectivity index is 1.95. The fraction of sp³-hybridized carbons (Fsp3) is 0.105. The zero-order chi connectivity index (χ0) is 16.1. The molecule has 0 aliphatic carbocycles. The van der Waals surface area contributed by atoms with E-state index in [1.165, 1.54) is 5.56 Å². The standard InChI is InChI=1S/C19H15N3O/c1-20-18-17(15-10-6-3-7-11-15)21-16(22-19(18)23)13-12-14-8-4-2-5-9-14/h2-11H,12-13H2,(H,21,22,23). The zero-order valence-corrected chi connectivity index (χ0v) is 12.5. The van der Waals surface area contributed by atoms with E-state index in [-0.39, 0.29) is 11.2 Å². The number of hydrogen-bond donors (Lipinski definition) is 1. The fourth-order valence-corrected chi connectivity index (χ4v) is 2.44. The number of benzene rings is 2. The minimum absolute atomic E-state index is 0.0414. The normalized spacial score (nSPS) is 10.2. The molecule has 1 heterocycles. The highest BCUT2D eigenvalue weighted by molar-refractivity contribution is 5.73. The Morgan fingerprint density at radius 3 is 2.26 bits per heavy atom. The van der Waals surface area contributed by atoms with Gasteiger partial charge in [-0.3, -0.25) is 4.79 Å². The van der Waals surface area contributed by atoms with Crippen LogP contribution in [-0.2, 0) is 12.8 Å². The molecular formula is C19H15N3O. The summed E-state index contributed by atoms with van der Waals surface area (Å²) in [6.45, 7) is 7.25. The van der Waals surface area contributed by atoms with E-state index in [1.54, 1.807) is 0 Å². The first kappa shape index (κ1) is 14.7. The first-order valence-electron chi connectivity index (χ1n) is 7.38. The lowest BCUT2D eigenvalue weighted by atomic mass is 10.1. The smallest absolute Gasteiger partial charge is 0.276 e. The summed E-state index contributed by atoms with van der Waals surface area (Å²) in [6.07, 6.45) is 1.41. The Hall–Kier alpha value is -3.19. The zero-order valence-electron chi connectivity index (χ0n) is 12.5. The summed E-state index contributed by atoms with van der Waals surface area (Å²) >= 11 is 0. The van der Waals surface area contributed by atoms with Crippen molar-refractivity contribution in [2.24, 2.45) is 0 Å². The molecule has 0 saturated carbocycles. The molecule has 0 amide bonds. The van der Waals surface area contributed by atoms with E-state index in [0.717, 1.165) is 12.0 Å². The quantitative estimate of drug-likeness (QED) is 0.746. The lowest BCUT2D eigenvalue weighted by Crippen LogP contribution is -2.13. The lowest BCUT2D eigenvalue weighted by Gasteiger charge is -2.07. The molecule has 0 atom stereocenters. The molecule has 0 spiro atoms. The molecule has 0 bridgehead atoms. The van der Waals surface area contributed by atoms with Crippen molar-refractivity contribution in [3.8, 4) is 11.3 Å². The van der Waals surface area contributed by atoms with Crippen molar-refractivity contribution in [3.63, 3.8) is 0 Å². The van der Waals surface area contributed by atoms with Crippen LogP contribution < -0.4 is 5.56 Å². The number of rotatable bonds is 4. The molecule has 1 N–H and O–H groups in total. The second kappa shape index (κ2) is 6.71. The van der Waals surface area contributed by atoms with Gasteiger partial charge >= 0.3 is 0 Å². The largest absolute Gasteiger partial charge is 0.320 e. The van der Waals surface area contributed by atoms with Gasteiger partial charge in [-0.05, 0) is 17.5 Å². The molecular weight excluding hydrogens is 286 g/mol. The molecule has 0 aliphatic heterocycles. The third-order valence-electron chi connectivity index (χ3n) is 3.60. The van der Waals surface area contributed by atoms with Gasteiger partial charge in [-0.25, -0.2) is 9.83 Å². The Labute approximate surface area is 134 Å². The van der Waals surface area contributed by atoms with Crippen LogP contribution >= 0.6 is 0 Å². The Morgan fingerprint density at radius 2 is 1.61 bits per heavy atom. The van der Waals surface area contributed by atoms with Gasteiger partial charge in [0, 0.05) is 6.42 Å². The van der Waals surface area contributed by atoms with Gasteiger partial charge in [0.05, 0.1) is 12.3 Å². The highest BCUT2D eigenvalue weighted by atomic mass is 16.1. The average molecular weight is 301 g/mol. The van der Waals surface area contributed by atoms with Crippen LogP contribution in [0.4, 0.5) is 5.69 Å². The number of aromatic nitrogens is 2. The summed E-state index contributed by atoms with van der Waals surface area (Å²) in [5, 5.41) is 0. The predicted molar refractivity (Wildman–Crippen MR) is 90.4 cm³/mol. The average Bonchev–Trinajstić information content (AvgIpc) is 2.61. The Bertz CT molecular complexity index is 893. The van der Waals surface area contributed by atoms with Gasteiger partial charge in [0.2, 0.25) is 0 Å². The van der Waals surface area contributed by atoms with E-state index in [9.17, 15) is 4.79 Å². The third kappa shape index (κ3) is 3.35. The molecule has 0 fully saturated rings. The van der Waals surface area contributed by atoms with Gasteiger partial charge in [-0.15, -0.1) is 0 Å². The molecule has 4 heteroatoms. The summed E-state index contributed by atoms with van der Waals surface area (Å²) < 4.78 is 0. The summed E-state index contributed by atoms with van der Waals surface area (Å²) in [6, 6.07) is 19.4. The number of hydrogen-bond acceptors (Lipinski definition) is 2. The lowest BCUT2D eigenvalue weighted by molar-refractivity contribution is 0.852. The van der Waals surface area contributed by atoms with Crippen molar-refractivity contribution in [2.75, 3.05) is 0 Å². The van der Waals surface area contributed by atoms with Crippen molar-refractivity contribution >= 4 is 5.69 Å². The van der Waals surface area contributed by atoms with Gasteiger partial charge < -0.3 is 4.98 Å². The summed E-state index contributed by atoms with van der Waals surface area (Å²) in [5.74, 6) is 0.602. The van der Waals surface area contributed by atoms with Crippen LogP contribution in [0.1, 0.15) is 11.4 Å². The molecule has 23 heavy (non-hydrogen) atoms. The number of nitrogens with zero attached hydrogens (tertiary/aromatic N) is 2. The fourth-order valence-electron chi connectivity index (χ4n) is 2.44. The molecule has 0 saturated heterocycles. The van der Waals surface area contributed by atoms with Crippen molar-refractivity contribution < 1.29 is 0 Å². The molecule has 0 aliphatic rings. The van der Waals surface area contributed by atoms with E-state index in [1.807, 2.05) is 60.7 Å². The molecule has 4 nitrogen and oxygen atoms in total. The van der Waals surface area contributed by atoms with Crippen LogP contribution in [0.15, 0.2) is 65.5 Å². The molecule has 3 aromatic rings. The number of nitrogens with one attached hydrogen (secondary N) is 1. The van der Waals surface area contributed by atoms with Crippen LogP contribution in [0.3, 0.4) is 0 Å². The van der Waals surface area contributed by atoms with Gasteiger partial charge in [0.1, 0.15) is 5.82 Å². The summed E-state index contributed by atoms with van der Waals surface area (Å²) in [5.41, 5.74) is 2.08. The van der Waals surface area contributed by atoms with Crippen molar-refractivity contribution in [1.82, 2.24) is 9.97 Å². The van der Waals surface area contributed by atoms with Crippen molar-refractivity contribution in [1.29, 1.82) is 0 Å². The van der Waals surface area contributed by atoms with E-state index < -0.39 is 0 Å². The first-order chi connectivity index (χ1) is 11.3. The molecule has 0 unspecified atom stereocenters. The Kier molecular flexibility index (Phi) is 4.30. The van der Waals surface area contributed by atoms with E-state index >= 15 is 0 Å². The highest BCUT2D eigenvalue weighted by Gasteiger charge is 2.13. The topological polar surface area (TPSA) is 50.1 Å². The first-order valence-corrected chi connectivity index (χ1v) is 7.38. The van der Waals surface area contributed by atoms with Gasteiger partial charge in [-0.1, -0.05) is 60.7 Å².